The maximum Gasteiger partial charge on any atom is 0.227 e. The van der Waals surface area contributed by atoms with Crippen LogP contribution in [0.15, 0.2) is 59.1 Å². The van der Waals surface area contributed by atoms with E-state index in [2.05, 4.69) is 44.3 Å². The van der Waals surface area contributed by atoms with Crippen LogP contribution in [0.25, 0.3) is 0 Å². The molecule has 1 N–H and O–H groups in total. The summed E-state index contributed by atoms with van der Waals surface area (Å²) in [5, 5.41) is 3.02. The van der Waals surface area contributed by atoms with Crippen molar-refractivity contribution in [1.82, 2.24) is 4.90 Å². The third kappa shape index (κ3) is 4.66. The minimum Gasteiger partial charge on any atom is -0.326 e. The maximum atomic E-state index is 12.3. The van der Waals surface area contributed by atoms with E-state index in [9.17, 15) is 4.79 Å². The molecular weight excluding hydrogens is 352 g/mol. The van der Waals surface area contributed by atoms with E-state index in [0.717, 1.165) is 42.6 Å². The molecule has 23 heavy (non-hydrogen) atoms. The molecule has 0 unspecified atom stereocenters. The Kier molecular flexibility index (Phi) is 5.47. The van der Waals surface area contributed by atoms with Crippen LogP contribution in [0, 0.1) is 5.92 Å². The zero-order valence-corrected chi connectivity index (χ0v) is 14.6. The van der Waals surface area contributed by atoms with Gasteiger partial charge < -0.3 is 5.32 Å². The molecule has 3 nitrogen and oxygen atoms in total. The van der Waals surface area contributed by atoms with Gasteiger partial charge in [0.1, 0.15) is 0 Å². The number of nitrogens with one attached hydrogen (secondary N) is 1. The summed E-state index contributed by atoms with van der Waals surface area (Å²) in [5.74, 6) is 0.271. The van der Waals surface area contributed by atoms with Gasteiger partial charge in [-0.1, -0.05) is 46.3 Å². The summed E-state index contributed by atoms with van der Waals surface area (Å²) in [6, 6.07) is 18.1. The van der Waals surface area contributed by atoms with E-state index in [1.165, 1.54) is 5.56 Å². The fourth-order valence-corrected chi connectivity index (χ4v) is 3.46. The Labute approximate surface area is 145 Å². The van der Waals surface area contributed by atoms with Gasteiger partial charge in [-0.25, -0.2) is 0 Å². The average molecular weight is 373 g/mol. The van der Waals surface area contributed by atoms with Crippen molar-refractivity contribution in [3.63, 3.8) is 0 Å². The number of piperidine rings is 1. The Morgan fingerprint density at radius 3 is 2.52 bits per heavy atom. The van der Waals surface area contributed by atoms with Crippen molar-refractivity contribution in [3.8, 4) is 0 Å². The average Bonchev–Trinajstić information content (AvgIpc) is 2.56. The Morgan fingerprint density at radius 2 is 1.83 bits per heavy atom. The monoisotopic (exact) mass is 372 g/mol. The van der Waals surface area contributed by atoms with E-state index >= 15 is 0 Å². The van der Waals surface area contributed by atoms with Crippen molar-refractivity contribution in [2.75, 3.05) is 18.4 Å². The summed E-state index contributed by atoms with van der Waals surface area (Å²) < 4.78 is 1.12. The molecule has 1 saturated heterocycles. The molecule has 3 rings (SSSR count). The van der Waals surface area contributed by atoms with E-state index in [1.54, 1.807) is 0 Å². The summed E-state index contributed by atoms with van der Waals surface area (Å²) in [4.78, 5) is 14.8. The topological polar surface area (TPSA) is 32.3 Å². The lowest BCUT2D eigenvalue weighted by Gasteiger charge is -2.31. The summed E-state index contributed by atoms with van der Waals surface area (Å²) in [5.41, 5.74) is 2.20. The van der Waals surface area contributed by atoms with E-state index < -0.39 is 0 Å². The molecule has 120 valence electrons. The van der Waals surface area contributed by atoms with Gasteiger partial charge in [0.2, 0.25) is 5.91 Å². The molecule has 0 aliphatic carbocycles. The van der Waals surface area contributed by atoms with Crippen LogP contribution in [0.1, 0.15) is 18.4 Å². The fourth-order valence-electron chi connectivity index (χ4n) is 3.01. The highest BCUT2D eigenvalue weighted by Gasteiger charge is 2.24. The van der Waals surface area contributed by atoms with Crippen LogP contribution in [0.2, 0.25) is 0 Å². The molecule has 1 fully saturated rings. The van der Waals surface area contributed by atoms with Crippen LogP contribution in [-0.4, -0.2) is 23.9 Å². The Bertz CT molecular complexity index is 651. The Morgan fingerprint density at radius 1 is 1.09 bits per heavy atom. The quantitative estimate of drug-likeness (QED) is 0.867. The maximum absolute atomic E-state index is 12.3. The van der Waals surface area contributed by atoms with Gasteiger partial charge >= 0.3 is 0 Å². The highest BCUT2D eigenvalue weighted by Crippen LogP contribution is 2.21. The predicted octanol–water partition coefficient (Wildman–Crippen LogP) is 4.30. The number of para-hydroxylation sites is 1. The van der Waals surface area contributed by atoms with Gasteiger partial charge in [0.05, 0.1) is 0 Å². The van der Waals surface area contributed by atoms with Crippen molar-refractivity contribution in [2.24, 2.45) is 5.92 Å². The summed E-state index contributed by atoms with van der Waals surface area (Å²) >= 11 is 3.52. The van der Waals surface area contributed by atoms with Crippen molar-refractivity contribution in [3.05, 3.63) is 64.6 Å². The normalized spacial score (nSPS) is 16.2. The lowest BCUT2D eigenvalue weighted by atomic mass is 9.95. The molecule has 1 amide bonds. The number of carbonyl (C=O) groups excluding carboxylic acids is 1. The molecule has 1 aliphatic rings. The highest BCUT2D eigenvalue weighted by atomic mass is 79.9. The number of nitrogens with zero attached hydrogens (tertiary/aromatic N) is 1. The SMILES string of the molecule is O=C(Nc1ccccc1)C1CCN(Cc2cccc(Br)c2)CC1. The van der Waals surface area contributed by atoms with Gasteiger partial charge in [-0.15, -0.1) is 0 Å². The highest BCUT2D eigenvalue weighted by molar-refractivity contribution is 9.10. The van der Waals surface area contributed by atoms with E-state index in [4.69, 9.17) is 0 Å². The number of hydrogen-bond acceptors (Lipinski definition) is 2. The second kappa shape index (κ2) is 7.75. The molecule has 0 radical (unpaired) electrons. The first-order valence-electron chi connectivity index (χ1n) is 8.03. The molecule has 0 aromatic heterocycles. The van der Waals surface area contributed by atoms with Gasteiger partial charge in [0.25, 0.3) is 0 Å². The number of likely N-dealkylation sites (tertiary alicyclic amines) is 1. The van der Waals surface area contributed by atoms with E-state index in [-0.39, 0.29) is 11.8 Å². The fraction of sp³-hybridized carbons (Fsp3) is 0.316. The van der Waals surface area contributed by atoms with Crippen molar-refractivity contribution in [2.45, 2.75) is 19.4 Å². The molecule has 2 aromatic rings. The number of amides is 1. The van der Waals surface area contributed by atoms with E-state index in [1.807, 2.05) is 36.4 Å². The first-order chi connectivity index (χ1) is 11.2. The van der Waals surface area contributed by atoms with Gasteiger partial charge in [-0.3, -0.25) is 9.69 Å². The van der Waals surface area contributed by atoms with Crippen molar-refractivity contribution >= 4 is 27.5 Å². The van der Waals surface area contributed by atoms with Crippen LogP contribution >= 0.6 is 15.9 Å². The van der Waals surface area contributed by atoms with Gasteiger partial charge in [0, 0.05) is 22.6 Å². The molecule has 2 aromatic carbocycles. The molecule has 0 saturated carbocycles. The lowest BCUT2D eigenvalue weighted by molar-refractivity contribution is -0.121. The Balaban J connectivity index is 1.49. The summed E-state index contributed by atoms with van der Waals surface area (Å²) in [6.45, 7) is 2.89. The van der Waals surface area contributed by atoms with Crippen molar-refractivity contribution < 1.29 is 4.79 Å². The smallest absolute Gasteiger partial charge is 0.227 e. The number of hydrogen-bond donors (Lipinski definition) is 1. The molecule has 1 aliphatic heterocycles. The van der Waals surface area contributed by atoms with Crippen LogP contribution in [0.5, 0.6) is 0 Å². The summed E-state index contributed by atoms with van der Waals surface area (Å²) in [6.07, 6.45) is 1.85. The van der Waals surface area contributed by atoms with Gasteiger partial charge in [0.15, 0.2) is 0 Å². The minimum absolute atomic E-state index is 0.119. The first kappa shape index (κ1) is 16.2. The van der Waals surface area contributed by atoms with Gasteiger partial charge in [-0.05, 0) is 55.8 Å². The van der Waals surface area contributed by atoms with E-state index in [0.29, 0.717) is 0 Å². The van der Waals surface area contributed by atoms with Crippen LogP contribution in [-0.2, 0) is 11.3 Å². The zero-order valence-electron chi connectivity index (χ0n) is 13.0. The standard InChI is InChI=1S/C19H21BrN2O/c20-17-6-4-5-15(13-17)14-22-11-9-16(10-12-22)19(23)21-18-7-2-1-3-8-18/h1-8,13,16H,9-12,14H2,(H,21,23). The number of halogens is 1. The van der Waals surface area contributed by atoms with Crippen LogP contribution in [0.4, 0.5) is 5.69 Å². The molecule has 0 atom stereocenters. The number of benzene rings is 2. The van der Waals surface area contributed by atoms with Crippen LogP contribution < -0.4 is 5.32 Å². The molecule has 1 heterocycles. The second-order valence-corrected chi connectivity index (χ2v) is 6.95. The zero-order chi connectivity index (χ0) is 16.1. The number of anilines is 1. The molecular formula is C19H21BrN2O. The minimum atomic E-state index is 0.119. The number of carbonyl (C=O) groups is 1. The predicted molar refractivity (Wildman–Crippen MR) is 97.2 cm³/mol. The van der Waals surface area contributed by atoms with Crippen molar-refractivity contribution in [1.29, 1.82) is 0 Å². The van der Waals surface area contributed by atoms with Crippen LogP contribution in [0.3, 0.4) is 0 Å². The third-order valence-corrected chi connectivity index (χ3v) is 4.79. The molecule has 4 heteroatoms. The second-order valence-electron chi connectivity index (χ2n) is 6.04. The molecule has 0 bridgehead atoms. The largest absolute Gasteiger partial charge is 0.326 e. The Hall–Kier alpha value is -1.65. The van der Waals surface area contributed by atoms with Gasteiger partial charge in [-0.2, -0.15) is 0 Å². The lowest BCUT2D eigenvalue weighted by Crippen LogP contribution is -2.37. The summed E-state index contributed by atoms with van der Waals surface area (Å²) in [7, 11) is 0. The third-order valence-electron chi connectivity index (χ3n) is 4.29. The first-order valence-corrected chi connectivity index (χ1v) is 8.83. The molecule has 0 spiro atoms. The number of rotatable bonds is 4.